The van der Waals surface area contributed by atoms with Gasteiger partial charge in [-0.3, -0.25) is 15.0 Å². The molecule has 1 aromatic rings. The number of nitrogens with zero attached hydrogens (tertiary/aromatic N) is 1. The van der Waals surface area contributed by atoms with Gasteiger partial charge in [-0.15, -0.1) is 0 Å². The Morgan fingerprint density at radius 1 is 1.33 bits per heavy atom. The van der Waals surface area contributed by atoms with Crippen LogP contribution in [0.4, 0.5) is 9.18 Å². The van der Waals surface area contributed by atoms with E-state index in [1.54, 1.807) is 26.0 Å². The van der Waals surface area contributed by atoms with Crippen molar-refractivity contribution in [1.82, 2.24) is 15.5 Å². The third-order valence-corrected chi connectivity index (χ3v) is 3.18. The Hall–Kier alpha value is -1.95. The molecule has 1 aromatic carbocycles. The summed E-state index contributed by atoms with van der Waals surface area (Å²) < 4.78 is 13.2. The van der Waals surface area contributed by atoms with Crippen LogP contribution < -0.4 is 10.6 Å². The monoisotopic (exact) mass is 295 g/mol. The molecule has 5 nitrogen and oxygen atoms in total. The van der Waals surface area contributed by atoms with E-state index in [0.29, 0.717) is 19.6 Å². The Labute approximate surface area is 124 Å². The number of hydrogen-bond acceptors (Lipinski definition) is 3. The molecule has 2 N–H and O–H groups in total. The Morgan fingerprint density at radius 2 is 2.05 bits per heavy atom. The molecule has 3 amide bonds. The second kappa shape index (κ2) is 8.36. The highest BCUT2D eigenvalue weighted by Crippen LogP contribution is 2.10. The number of benzene rings is 1. The largest absolute Gasteiger partial charge is 0.338 e. The number of amides is 3. The fourth-order valence-electron chi connectivity index (χ4n) is 1.98. The van der Waals surface area contributed by atoms with Gasteiger partial charge < -0.3 is 5.32 Å². The molecule has 21 heavy (non-hydrogen) atoms. The lowest BCUT2D eigenvalue weighted by molar-refractivity contribution is -0.124. The topological polar surface area (TPSA) is 61.4 Å². The maximum absolute atomic E-state index is 13.2. The number of carbonyl (C=O) groups is 2. The number of hydrogen-bond donors (Lipinski definition) is 2. The van der Waals surface area contributed by atoms with Gasteiger partial charge in [0.25, 0.3) is 0 Å². The molecule has 0 radical (unpaired) electrons. The van der Waals surface area contributed by atoms with Gasteiger partial charge in [-0.25, -0.2) is 9.18 Å². The van der Waals surface area contributed by atoms with Crippen molar-refractivity contribution in [2.75, 3.05) is 13.1 Å². The first-order valence-corrected chi connectivity index (χ1v) is 7.05. The summed E-state index contributed by atoms with van der Waals surface area (Å²) in [6.45, 7) is 6.91. The lowest BCUT2D eigenvalue weighted by atomic mass is 10.1. The number of halogens is 1. The zero-order chi connectivity index (χ0) is 15.8. The van der Waals surface area contributed by atoms with Crippen LogP contribution in [0.25, 0.3) is 0 Å². The van der Waals surface area contributed by atoms with E-state index in [9.17, 15) is 14.0 Å². The third-order valence-electron chi connectivity index (χ3n) is 3.18. The standard InChI is InChI=1S/C15H22FN3O2/c1-4-17-15(21)18-14(20)11(3)19(5-2)10-12-7-6-8-13(16)9-12/h6-9,11H,4-5,10H2,1-3H3,(H2,17,18,20,21). The summed E-state index contributed by atoms with van der Waals surface area (Å²) >= 11 is 0. The zero-order valence-electron chi connectivity index (χ0n) is 12.6. The number of urea groups is 1. The van der Waals surface area contributed by atoms with E-state index in [0.717, 1.165) is 5.56 Å². The van der Waals surface area contributed by atoms with Gasteiger partial charge in [0.05, 0.1) is 6.04 Å². The Kier molecular flexibility index (Phi) is 6.81. The quantitative estimate of drug-likeness (QED) is 0.842. The maximum Gasteiger partial charge on any atom is 0.321 e. The molecule has 0 saturated heterocycles. The first kappa shape index (κ1) is 17.1. The molecular formula is C15H22FN3O2. The van der Waals surface area contributed by atoms with Gasteiger partial charge in [0.2, 0.25) is 5.91 Å². The van der Waals surface area contributed by atoms with E-state index >= 15 is 0 Å². The molecule has 0 aliphatic heterocycles. The smallest absolute Gasteiger partial charge is 0.321 e. The average molecular weight is 295 g/mol. The van der Waals surface area contributed by atoms with Crippen molar-refractivity contribution in [2.45, 2.75) is 33.4 Å². The number of nitrogens with one attached hydrogen (secondary N) is 2. The van der Waals surface area contributed by atoms with Crippen LogP contribution in [0.1, 0.15) is 26.3 Å². The third kappa shape index (κ3) is 5.51. The molecule has 0 bridgehead atoms. The van der Waals surface area contributed by atoms with Crippen LogP contribution in [-0.2, 0) is 11.3 Å². The van der Waals surface area contributed by atoms with Crippen molar-refractivity contribution in [3.63, 3.8) is 0 Å². The lowest BCUT2D eigenvalue weighted by Gasteiger charge is -2.26. The van der Waals surface area contributed by atoms with Gasteiger partial charge >= 0.3 is 6.03 Å². The van der Waals surface area contributed by atoms with Crippen LogP contribution in [0.3, 0.4) is 0 Å². The molecule has 0 aromatic heterocycles. The minimum absolute atomic E-state index is 0.303. The van der Waals surface area contributed by atoms with Crippen molar-refractivity contribution in [3.05, 3.63) is 35.6 Å². The fraction of sp³-hybridized carbons (Fsp3) is 0.467. The normalized spacial score (nSPS) is 12.0. The summed E-state index contributed by atoms with van der Waals surface area (Å²) in [7, 11) is 0. The molecule has 1 atom stereocenters. The predicted molar refractivity (Wildman–Crippen MR) is 79.2 cm³/mol. The Morgan fingerprint density at radius 3 is 2.62 bits per heavy atom. The predicted octanol–water partition coefficient (Wildman–Crippen LogP) is 1.88. The second-order valence-corrected chi connectivity index (χ2v) is 4.72. The van der Waals surface area contributed by atoms with Crippen molar-refractivity contribution in [1.29, 1.82) is 0 Å². The van der Waals surface area contributed by atoms with E-state index < -0.39 is 12.1 Å². The van der Waals surface area contributed by atoms with Crippen LogP contribution >= 0.6 is 0 Å². The van der Waals surface area contributed by atoms with E-state index in [2.05, 4.69) is 10.6 Å². The highest BCUT2D eigenvalue weighted by atomic mass is 19.1. The van der Waals surface area contributed by atoms with Gasteiger partial charge in [-0.05, 0) is 38.1 Å². The highest BCUT2D eigenvalue weighted by Gasteiger charge is 2.21. The Bertz CT molecular complexity index is 494. The van der Waals surface area contributed by atoms with Crippen molar-refractivity contribution in [2.24, 2.45) is 0 Å². The molecule has 0 heterocycles. The summed E-state index contributed by atoms with van der Waals surface area (Å²) in [5.41, 5.74) is 0.787. The Balaban J connectivity index is 2.66. The molecular weight excluding hydrogens is 273 g/mol. The minimum atomic E-state index is -0.504. The van der Waals surface area contributed by atoms with Crippen LogP contribution in [0.15, 0.2) is 24.3 Å². The average Bonchev–Trinajstić information content (AvgIpc) is 2.44. The lowest BCUT2D eigenvalue weighted by Crippen LogP contribution is -2.49. The van der Waals surface area contributed by atoms with E-state index in [1.165, 1.54) is 12.1 Å². The summed E-state index contributed by atoms with van der Waals surface area (Å²) in [5, 5.41) is 4.79. The van der Waals surface area contributed by atoms with Gasteiger partial charge in [0.15, 0.2) is 0 Å². The van der Waals surface area contributed by atoms with Gasteiger partial charge in [-0.1, -0.05) is 19.1 Å². The maximum atomic E-state index is 13.2. The van der Waals surface area contributed by atoms with Gasteiger partial charge in [0.1, 0.15) is 5.82 Å². The first-order chi connectivity index (χ1) is 9.97. The first-order valence-electron chi connectivity index (χ1n) is 7.05. The molecule has 0 aliphatic rings. The summed E-state index contributed by atoms with van der Waals surface area (Å²) in [6, 6.07) is 5.28. The minimum Gasteiger partial charge on any atom is -0.338 e. The molecule has 116 valence electrons. The molecule has 0 fully saturated rings. The van der Waals surface area contributed by atoms with Crippen LogP contribution in [0.5, 0.6) is 0 Å². The molecule has 1 rings (SSSR count). The highest BCUT2D eigenvalue weighted by molar-refractivity contribution is 5.96. The van der Waals surface area contributed by atoms with Gasteiger partial charge in [0, 0.05) is 13.1 Å². The van der Waals surface area contributed by atoms with Crippen LogP contribution in [0, 0.1) is 5.82 Å². The summed E-state index contributed by atoms with van der Waals surface area (Å²) in [6.07, 6.45) is 0. The van der Waals surface area contributed by atoms with Crippen molar-refractivity contribution < 1.29 is 14.0 Å². The van der Waals surface area contributed by atoms with Crippen LogP contribution in [-0.4, -0.2) is 36.0 Å². The summed E-state index contributed by atoms with van der Waals surface area (Å²) in [5.74, 6) is -0.679. The number of imide groups is 1. The van der Waals surface area contributed by atoms with Crippen molar-refractivity contribution in [3.8, 4) is 0 Å². The number of rotatable bonds is 6. The molecule has 0 aliphatic carbocycles. The number of likely N-dealkylation sites (N-methyl/N-ethyl adjacent to an activating group) is 1. The number of carbonyl (C=O) groups excluding carboxylic acids is 2. The summed E-state index contributed by atoms with van der Waals surface area (Å²) in [4.78, 5) is 25.2. The zero-order valence-corrected chi connectivity index (χ0v) is 12.6. The van der Waals surface area contributed by atoms with E-state index in [4.69, 9.17) is 0 Å². The van der Waals surface area contributed by atoms with E-state index in [1.807, 2.05) is 11.8 Å². The van der Waals surface area contributed by atoms with Gasteiger partial charge in [-0.2, -0.15) is 0 Å². The second-order valence-electron chi connectivity index (χ2n) is 4.72. The molecule has 6 heteroatoms. The molecule has 0 spiro atoms. The molecule has 1 unspecified atom stereocenters. The van der Waals surface area contributed by atoms with Crippen LogP contribution in [0.2, 0.25) is 0 Å². The fourth-order valence-corrected chi connectivity index (χ4v) is 1.98. The molecule has 0 saturated carbocycles. The van der Waals surface area contributed by atoms with Crippen molar-refractivity contribution >= 4 is 11.9 Å². The van der Waals surface area contributed by atoms with E-state index in [-0.39, 0.29) is 11.7 Å². The SMILES string of the molecule is CCNC(=O)NC(=O)C(C)N(CC)Cc1cccc(F)c1.